The lowest BCUT2D eigenvalue weighted by Gasteiger charge is -2.35. The summed E-state index contributed by atoms with van der Waals surface area (Å²) in [6, 6.07) is 4.96. The van der Waals surface area contributed by atoms with Gasteiger partial charge in [0.2, 0.25) is 6.29 Å². The van der Waals surface area contributed by atoms with Gasteiger partial charge in [0.1, 0.15) is 18.3 Å². The molecule has 1 saturated heterocycles. The highest BCUT2D eigenvalue weighted by atomic mass is 16.7. The molecule has 0 aromatic heterocycles. The maximum Gasteiger partial charge on any atom is 0.311 e. The highest BCUT2D eigenvalue weighted by molar-refractivity contribution is 5.72. The van der Waals surface area contributed by atoms with Crippen LogP contribution in [0.1, 0.15) is 18.9 Å². The van der Waals surface area contributed by atoms with Crippen molar-refractivity contribution in [3.05, 3.63) is 23.8 Å². The SMILES string of the molecule is CCC(=O)Oc1ccc(C)cc1OC1OCC(O)C(O)C1O. The number of aryl methyl sites for hydroxylation is 1. The zero-order valence-corrected chi connectivity index (χ0v) is 12.4. The maximum absolute atomic E-state index is 11.4. The van der Waals surface area contributed by atoms with Crippen LogP contribution in [-0.4, -0.2) is 52.5 Å². The van der Waals surface area contributed by atoms with Crippen LogP contribution >= 0.6 is 0 Å². The van der Waals surface area contributed by atoms with E-state index in [0.29, 0.717) is 0 Å². The van der Waals surface area contributed by atoms with Gasteiger partial charge in [-0.25, -0.2) is 0 Å². The quantitative estimate of drug-likeness (QED) is 0.536. The number of hydrogen-bond donors (Lipinski definition) is 3. The fraction of sp³-hybridized carbons (Fsp3) is 0.533. The zero-order valence-electron chi connectivity index (χ0n) is 12.4. The molecule has 0 aliphatic carbocycles. The van der Waals surface area contributed by atoms with Gasteiger partial charge in [-0.2, -0.15) is 0 Å². The highest BCUT2D eigenvalue weighted by Gasteiger charge is 2.39. The molecule has 7 heteroatoms. The molecule has 2 rings (SSSR count). The maximum atomic E-state index is 11.4. The smallest absolute Gasteiger partial charge is 0.311 e. The first-order valence-electron chi connectivity index (χ1n) is 7.06. The van der Waals surface area contributed by atoms with Crippen LogP contribution < -0.4 is 9.47 Å². The van der Waals surface area contributed by atoms with Crippen LogP contribution in [0.3, 0.4) is 0 Å². The van der Waals surface area contributed by atoms with Crippen molar-refractivity contribution >= 4 is 5.97 Å². The van der Waals surface area contributed by atoms with Gasteiger partial charge in [0.25, 0.3) is 0 Å². The normalized spacial score (nSPS) is 28.2. The second kappa shape index (κ2) is 7.06. The number of benzene rings is 1. The Morgan fingerprint density at radius 1 is 1.27 bits per heavy atom. The number of hydrogen-bond acceptors (Lipinski definition) is 7. The molecule has 122 valence electrons. The molecule has 7 nitrogen and oxygen atoms in total. The summed E-state index contributed by atoms with van der Waals surface area (Å²) in [6.45, 7) is 3.33. The molecular weight excluding hydrogens is 292 g/mol. The number of carbonyl (C=O) groups excluding carboxylic acids is 1. The monoisotopic (exact) mass is 312 g/mol. The molecule has 4 unspecified atom stereocenters. The Kier molecular flexibility index (Phi) is 5.36. The summed E-state index contributed by atoms with van der Waals surface area (Å²) < 4.78 is 15.9. The van der Waals surface area contributed by atoms with Crippen molar-refractivity contribution in [1.82, 2.24) is 0 Å². The Hall–Kier alpha value is -1.67. The molecule has 1 heterocycles. The van der Waals surface area contributed by atoms with E-state index in [1.807, 2.05) is 6.92 Å². The summed E-state index contributed by atoms with van der Waals surface area (Å²) in [5, 5.41) is 29.0. The predicted molar refractivity (Wildman–Crippen MR) is 75.5 cm³/mol. The van der Waals surface area contributed by atoms with Gasteiger partial charge in [-0.3, -0.25) is 4.79 Å². The largest absolute Gasteiger partial charge is 0.458 e. The predicted octanol–water partition coefficient (Wildman–Crippen LogP) is 0.128. The summed E-state index contributed by atoms with van der Waals surface area (Å²) in [5.41, 5.74) is 0.858. The second-order valence-electron chi connectivity index (χ2n) is 5.15. The van der Waals surface area contributed by atoms with Gasteiger partial charge in [-0.15, -0.1) is 0 Å². The van der Waals surface area contributed by atoms with E-state index in [4.69, 9.17) is 14.2 Å². The zero-order chi connectivity index (χ0) is 16.3. The van der Waals surface area contributed by atoms with Crippen LogP contribution in [0.15, 0.2) is 18.2 Å². The Bertz CT molecular complexity index is 531. The third kappa shape index (κ3) is 3.75. The number of aliphatic hydroxyl groups is 3. The Morgan fingerprint density at radius 2 is 2.00 bits per heavy atom. The van der Waals surface area contributed by atoms with Gasteiger partial charge < -0.3 is 29.5 Å². The summed E-state index contributed by atoms with van der Waals surface area (Å²) in [4.78, 5) is 11.4. The lowest BCUT2D eigenvalue weighted by atomic mass is 10.1. The molecule has 0 saturated carbocycles. The van der Waals surface area contributed by atoms with Crippen molar-refractivity contribution in [2.45, 2.75) is 44.9 Å². The summed E-state index contributed by atoms with van der Waals surface area (Å²) in [5.74, 6) is -0.00225. The number of aliphatic hydroxyl groups excluding tert-OH is 3. The first-order valence-corrected chi connectivity index (χ1v) is 7.06. The van der Waals surface area contributed by atoms with E-state index in [1.165, 1.54) is 0 Å². The third-order valence-corrected chi connectivity index (χ3v) is 3.31. The molecule has 1 fully saturated rings. The standard InChI is InChI=1S/C15H20O7/c1-3-12(17)21-10-5-4-8(2)6-11(10)22-15-14(19)13(18)9(16)7-20-15/h4-6,9,13-16,18-19H,3,7H2,1-2H3. The number of rotatable bonds is 4. The Labute approximate surface area is 128 Å². The fourth-order valence-corrected chi connectivity index (χ4v) is 1.99. The minimum atomic E-state index is -1.42. The van der Waals surface area contributed by atoms with E-state index >= 15 is 0 Å². The summed E-state index contributed by atoms with van der Waals surface area (Å²) >= 11 is 0. The van der Waals surface area contributed by atoms with Crippen molar-refractivity contribution in [2.75, 3.05) is 6.61 Å². The Balaban J connectivity index is 2.17. The van der Waals surface area contributed by atoms with Crippen LogP contribution in [0, 0.1) is 6.92 Å². The van der Waals surface area contributed by atoms with Gasteiger partial charge in [-0.05, 0) is 24.6 Å². The average Bonchev–Trinajstić information content (AvgIpc) is 2.50. The van der Waals surface area contributed by atoms with E-state index in [-0.39, 0.29) is 24.5 Å². The van der Waals surface area contributed by atoms with Crippen molar-refractivity contribution in [3.8, 4) is 11.5 Å². The minimum absolute atomic E-state index is 0.168. The molecule has 1 aliphatic rings. The van der Waals surface area contributed by atoms with E-state index in [2.05, 4.69) is 0 Å². The van der Waals surface area contributed by atoms with Crippen molar-refractivity contribution in [3.63, 3.8) is 0 Å². The molecular formula is C15H20O7. The third-order valence-electron chi connectivity index (χ3n) is 3.31. The Morgan fingerprint density at radius 3 is 2.68 bits per heavy atom. The second-order valence-corrected chi connectivity index (χ2v) is 5.15. The van der Waals surface area contributed by atoms with E-state index in [1.54, 1.807) is 25.1 Å². The highest BCUT2D eigenvalue weighted by Crippen LogP contribution is 2.31. The topological polar surface area (TPSA) is 105 Å². The summed E-state index contributed by atoms with van der Waals surface area (Å²) in [6.07, 6.45) is -4.92. The van der Waals surface area contributed by atoms with Gasteiger partial charge in [-0.1, -0.05) is 13.0 Å². The van der Waals surface area contributed by atoms with Crippen LogP contribution in [0.5, 0.6) is 11.5 Å². The van der Waals surface area contributed by atoms with Crippen molar-refractivity contribution in [2.24, 2.45) is 0 Å². The van der Waals surface area contributed by atoms with Crippen molar-refractivity contribution in [1.29, 1.82) is 0 Å². The first kappa shape index (κ1) is 16.7. The molecule has 22 heavy (non-hydrogen) atoms. The van der Waals surface area contributed by atoms with Crippen LogP contribution in [0.25, 0.3) is 0 Å². The molecule has 0 radical (unpaired) electrons. The lowest BCUT2D eigenvalue weighted by molar-refractivity contribution is -0.242. The number of ether oxygens (including phenoxy) is 3. The van der Waals surface area contributed by atoms with Crippen molar-refractivity contribution < 1.29 is 34.3 Å². The molecule has 0 amide bonds. The van der Waals surface area contributed by atoms with Crippen LogP contribution in [-0.2, 0) is 9.53 Å². The molecule has 0 bridgehead atoms. The number of esters is 1. The molecule has 1 aliphatic heterocycles. The molecule has 4 atom stereocenters. The molecule has 0 spiro atoms. The van der Waals surface area contributed by atoms with Gasteiger partial charge in [0, 0.05) is 6.42 Å². The van der Waals surface area contributed by atoms with E-state index < -0.39 is 30.6 Å². The summed E-state index contributed by atoms with van der Waals surface area (Å²) in [7, 11) is 0. The van der Waals surface area contributed by atoms with Crippen LogP contribution in [0.4, 0.5) is 0 Å². The molecule has 3 N–H and O–H groups in total. The van der Waals surface area contributed by atoms with E-state index in [9.17, 15) is 20.1 Å². The van der Waals surface area contributed by atoms with Gasteiger partial charge in [0.05, 0.1) is 6.61 Å². The number of carbonyl (C=O) groups is 1. The van der Waals surface area contributed by atoms with Crippen LogP contribution in [0.2, 0.25) is 0 Å². The minimum Gasteiger partial charge on any atom is -0.458 e. The van der Waals surface area contributed by atoms with E-state index in [0.717, 1.165) is 5.56 Å². The lowest BCUT2D eigenvalue weighted by Crippen LogP contribution is -2.54. The molecule has 1 aromatic rings. The average molecular weight is 312 g/mol. The first-order chi connectivity index (χ1) is 10.4. The fourth-order valence-electron chi connectivity index (χ4n) is 1.99. The van der Waals surface area contributed by atoms with Gasteiger partial charge >= 0.3 is 5.97 Å². The molecule has 1 aromatic carbocycles. The van der Waals surface area contributed by atoms with Gasteiger partial charge in [0.15, 0.2) is 11.5 Å².